The van der Waals surface area contributed by atoms with Crippen LogP contribution in [0.15, 0.2) is 18.2 Å². The average Bonchev–Trinajstić information content (AvgIpc) is 2.20. The second kappa shape index (κ2) is 5.24. The highest BCUT2D eigenvalue weighted by Crippen LogP contribution is 2.25. The Morgan fingerprint density at radius 3 is 2.80 bits per heavy atom. The second-order valence-electron chi connectivity index (χ2n) is 2.96. The highest BCUT2D eigenvalue weighted by molar-refractivity contribution is 6.30. The first-order valence-electron chi connectivity index (χ1n) is 4.26. The van der Waals surface area contributed by atoms with Crippen molar-refractivity contribution in [2.24, 2.45) is 0 Å². The van der Waals surface area contributed by atoms with Crippen molar-refractivity contribution in [2.75, 3.05) is 0 Å². The number of aliphatic carboxylic acids is 1. The number of alkyl halides is 1. The van der Waals surface area contributed by atoms with Crippen LogP contribution in [0.1, 0.15) is 12.5 Å². The molecule has 1 rings (SSSR count). The molecule has 0 saturated carbocycles. The van der Waals surface area contributed by atoms with E-state index in [0.29, 0.717) is 16.3 Å². The van der Waals surface area contributed by atoms with Crippen molar-refractivity contribution in [1.29, 1.82) is 0 Å². The fourth-order valence-electron chi connectivity index (χ4n) is 1.01. The molecule has 0 aromatic heterocycles. The number of carbonyl (C=O) groups excluding carboxylic acids is 1. The third kappa shape index (κ3) is 3.29. The topological polar surface area (TPSA) is 49.4 Å². The van der Waals surface area contributed by atoms with Gasteiger partial charge in [-0.3, -0.25) is 0 Å². The summed E-state index contributed by atoms with van der Waals surface area (Å²) < 4.78 is 5.15. The van der Waals surface area contributed by atoms with Gasteiger partial charge in [0, 0.05) is 10.6 Å². The van der Waals surface area contributed by atoms with Crippen molar-refractivity contribution in [3.63, 3.8) is 0 Å². The number of hydrogen-bond acceptors (Lipinski definition) is 3. The van der Waals surface area contributed by atoms with Crippen LogP contribution in [-0.4, -0.2) is 12.1 Å². The van der Waals surface area contributed by atoms with Gasteiger partial charge in [-0.15, -0.1) is 11.6 Å². The Hall–Kier alpha value is -0.930. The lowest BCUT2D eigenvalue weighted by Crippen LogP contribution is -2.37. The SMILES string of the molecule is CC(Oc1ccc(Cl)cc1CCl)C(=O)[O-]. The molecule has 0 N–H and O–H groups in total. The Morgan fingerprint density at radius 1 is 1.60 bits per heavy atom. The molecule has 0 fully saturated rings. The van der Waals surface area contributed by atoms with E-state index in [4.69, 9.17) is 27.9 Å². The molecule has 0 aliphatic rings. The van der Waals surface area contributed by atoms with Crippen molar-refractivity contribution in [1.82, 2.24) is 0 Å². The molecule has 5 heteroatoms. The average molecular weight is 248 g/mol. The van der Waals surface area contributed by atoms with Crippen molar-refractivity contribution in [3.05, 3.63) is 28.8 Å². The molecule has 0 spiro atoms. The van der Waals surface area contributed by atoms with E-state index in [1.165, 1.54) is 6.92 Å². The van der Waals surface area contributed by atoms with Gasteiger partial charge < -0.3 is 14.6 Å². The number of hydrogen-bond donors (Lipinski definition) is 0. The molecule has 1 aromatic rings. The quantitative estimate of drug-likeness (QED) is 0.760. The number of benzene rings is 1. The Bertz CT molecular complexity index is 366. The monoisotopic (exact) mass is 247 g/mol. The highest BCUT2D eigenvalue weighted by Gasteiger charge is 2.09. The van der Waals surface area contributed by atoms with Gasteiger partial charge in [0.2, 0.25) is 0 Å². The molecule has 0 saturated heterocycles. The number of rotatable bonds is 4. The Labute approximate surface area is 97.6 Å². The van der Waals surface area contributed by atoms with E-state index in [9.17, 15) is 9.90 Å². The summed E-state index contributed by atoms with van der Waals surface area (Å²) in [6.07, 6.45) is -1.02. The lowest BCUT2D eigenvalue weighted by molar-refractivity contribution is -0.312. The predicted octanol–water partition coefficient (Wildman–Crippen LogP) is 1.60. The fourth-order valence-corrected chi connectivity index (χ4v) is 1.41. The minimum Gasteiger partial charge on any atom is -0.546 e. The highest BCUT2D eigenvalue weighted by atomic mass is 35.5. The molecule has 1 atom stereocenters. The second-order valence-corrected chi connectivity index (χ2v) is 3.67. The van der Waals surface area contributed by atoms with Gasteiger partial charge in [-0.25, -0.2) is 0 Å². The van der Waals surface area contributed by atoms with Crippen LogP contribution in [0, 0.1) is 0 Å². The van der Waals surface area contributed by atoms with E-state index in [2.05, 4.69) is 0 Å². The number of ether oxygens (including phenoxy) is 1. The summed E-state index contributed by atoms with van der Waals surface area (Å²) in [7, 11) is 0. The maximum absolute atomic E-state index is 10.5. The zero-order chi connectivity index (χ0) is 11.4. The maximum Gasteiger partial charge on any atom is 0.135 e. The zero-order valence-electron chi connectivity index (χ0n) is 8.00. The minimum absolute atomic E-state index is 0.204. The van der Waals surface area contributed by atoms with Crippen molar-refractivity contribution in [3.8, 4) is 5.75 Å². The summed E-state index contributed by atoms with van der Waals surface area (Å²) in [4.78, 5) is 10.5. The van der Waals surface area contributed by atoms with E-state index in [1.54, 1.807) is 18.2 Å². The van der Waals surface area contributed by atoms with E-state index in [1.807, 2.05) is 0 Å². The lowest BCUT2D eigenvalue weighted by atomic mass is 10.2. The summed E-state index contributed by atoms with van der Waals surface area (Å²) in [5.74, 6) is -0.660. The number of carbonyl (C=O) groups is 1. The molecular weight excluding hydrogens is 239 g/mol. The summed E-state index contributed by atoms with van der Waals surface area (Å²) in [6, 6.07) is 4.82. The van der Waals surface area contributed by atoms with Crippen LogP contribution in [-0.2, 0) is 10.7 Å². The Balaban J connectivity index is 2.89. The van der Waals surface area contributed by atoms with Crippen LogP contribution in [0.4, 0.5) is 0 Å². The lowest BCUT2D eigenvalue weighted by Gasteiger charge is -2.17. The molecule has 0 amide bonds. The molecule has 15 heavy (non-hydrogen) atoms. The number of halogens is 2. The summed E-state index contributed by atoms with van der Waals surface area (Å²) >= 11 is 11.4. The van der Waals surface area contributed by atoms with Crippen LogP contribution < -0.4 is 9.84 Å². The Kier molecular flexibility index (Phi) is 4.24. The van der Waals surface area contributed by atoms with E-state index in [0.717, 1.165) is 0 Å². The van der Waals surface area contributed by atoms with Crippen molar-refractivity contribution < 1.29 is 14.6 Å². The molecule has 3 nitrogen and oxygen atoms in total. The molecule has 0 heterocycles. The third-order valence-corrected chi connectivity index (χ3v) is 2.33. The summed E-state index contributed by atoms with van der Waals surface area (Å²) in [6.45, 7) is 1.39. The molecule has 0 aliphatic heterocycles. The van der Waals surface area contributed by atoms with Gasteiger partial charge >= 0.3 is 0 Å². The molecule has 82 valence electrons. The van der Waals surface area contributed by atoms with E-state index < -0.39 is 12.1 Å². The van der Waals surface area contributed by atoms with Crippen molar-refractivity contribution >= 4 is 29.2 Å². The van der Waals surface area contributed by atoms with Crippen LogP contribution in [0.2, 0.25) is 5.02 Å². The molecule has 1 unspecified atom stereocenters. The van der Waals surface area contributed by atoms with Crippen LogP contribution >= 0.6 is 23.2 Å². The molecule has 0 radical (unpaired) electrons. The van der Waals surface area contributed by atoms with Gasteiger partial charge in [-0.05, 0) is 25.1 Å². The smallest absolute Gasteiger partial charge is 0.135 e. The molecule has 0 bridgehead atoms. The first-order valence-corrected chi connectivity index (χ1v) is 5.17. The van der Waals surface area contributed by atoms with E-state index in [-0.39, 0.29) is 5.88 Å². The van der Waals surface area contributed by atoms with Gasteiger partial charge in [-0.2, -0.15) is 0 Å². The van der Waals surface area contributed by atoms with Crippen LogP contribution in [0.5, 0.6) is 5.75 Å². The first-order chi connectivity index (χ1) is 7.04. The Morgan fingerprint density at radius 2 is 2.27 bits per heavy atom. The summed E-state index contributed by atoms with van der Waals surface area (Å²) in [5.41, 5.74) is 0.650. The predicted molar refractivity (Wildman–Crippen MR) is 56.1 cm³/mol. The fraction of sp³-hybridized carbons (Fsp3) is 0.300. The van der Waals surface area contributed by atoms with Gasteiger partial charge in [-0.1, -0.05) is 11.6 Å². The van der Waals surface area contributed by atoms with E-state index >= 15 is 0 Å². The van der Waals surface area contributed by atoms with Crippen LogP contribution in [0.25, 0.3) is 0 Å². The zero-order valence-corrected chi connectivity index (χ0v) is 9.51. The van der Waals surface area contributed by atoms with Gasteiger partial charge in [0.15, 0.2) is 0 Å². The van der Waals surface area contributed by atoms with Crippen molar-refractivity contribution in [2.45, 2.75) is 18.9 Å². The van der Waals surface area contributed by atoms with Gasteiger partial charge in [0.05, 0.1) is 11.8 Å². The minimum atomic E-state index is -1.27. The normalized spacial score (nSPS) is 12.2. The van der Waals surface area contributed by atoms with Gasteiger partial charge in [0.1, 0.15) is 11.9 Å². The number of carboxylic acid groups (broad SMARTS) is 1. The largest absolute Gasteiger partial charge is 0.546 e. The molecule has 1 aromatic carbocycles. The molecular formula is C10H9Cl2O3-. The third-order valence-electron chi connectivity index (χ3n) is 1.80. The van der Waals surface area contributed by atoms with Gasteiger partial charge in [0.25, 0.3) is 0 Å². The summed E-state index contributed by atoms with van der Waals surface area (Å²) in [5, 5.41) is 11.0. The molecule has 0 aliphatic carbocycles. The van der Waals surface area contributed by atoms with Crippen LogP contribution in [0.3, 0.4) is 0 Å². The number of carboxylic acids is 1. The first kappa shape index (κ1) is 12.1. The standard InChI is InChI=1S/C10H10Cl2O3/c1-6(10(13)14)15-9-3-2-8(12)4-7(9)5-11/h2-4,6H,5H2,1H3,(H,13,14)/p-1. The maximum atomic E-state index is 10.5.